The summed E-state index contributed by atoms with van der Waals surface area (Å²) >= 11 is 0. The number of aromatic nitrogens is 1. The summed E-state index contributed by atoms with van der Waals surface area (Å²) in [6, 6.07) is 4.32. The molecular weight excluding hydrogens is 266 g/mol. The molecule has 5 nitrogen and oxygen atoms in total. The van der Waals surface area contributed by atoms with Gasteiger partial charge in [0, 0.05) is 18.8 Å². The van der Waals surface area contributed by atoms with Gasteiger partial charge in [-0.05, 0) is 58.7 Å². The molecule has 1 amide bonds. The first-order valence-corrected chi connectivity index (χ1v) is 7.60. The largest absolute Gasteiger partial charge is 0.443 e. The van der Waals surface area contributed by atoms with E-state index in [9.17, 15) is 4.79 Å². The molecule has 1 aromatic heterocycles. The molecule has 2 heterocycles. The number of amides is 1. The summed E-state index contributed by atoms with van der Waals surface area (Å²) in [7, 11) is 0. The number of rotatable bonds is 3. The molecule has 1 aromatic rings. The van der Waals surface area contributed by atoms with Crippen molar-refractivity contribution >= 4 is 11.9 Å². The summed E-state index contributed by atoms with van der Waals surface area (Å²) in [6.07, 6.45) is 3.84. The zero-order chi connectivity index (χ0) is 15.5. The highest BCUT2D eigenvalue weighted by Crippen LogP contribution is 2.24. The fourth-order valence-electron chi connectivity index (χ4n) is 2.43. The van der Waals surface area contributed by atoms with Gasteiger partial charge in [-0.1, -0.05) is 6.07 Å². The maximum atomic E-state index is 12.2. The number of hydrogen-bond acceptors (Lipinski definition) is 4. The van der Waals surface area contributed by atoms with Crippen LogP contribution >= 0.6 is 0 Å². The predicted molar refractivity (Wildman–Crippen MR) is 83.5 cm³/mol. The minimum absolute atomic E-state index is 0.357. The van der Waals surface area contributed by atoms with Crippen molar-refractivity contribution in [2.24, 2.45) is 0 Å². The highest BCUT2D eigenvalue weighted by molar-refractivity contribution is 5.86. The molecule has 0 saturated carbocycles. The predicted octanol–water partition coefficient (Wildman–Crippen LogP) is 3.27. The smallest absolute Gasteiger partial charge is 0.415 e. The molecule has 0 aromatic carbocycles. The zero-order valence-corrected chi connectivity index (χ0v) is 13.3. The average molecular weight is 291 g/mol. The number of carbonyl (C=O) groups excluding carboxylic acids is 1. The third-order valence-electron chi connectivity index (χ3n) is 3.44. The van der Waals surface area contributed by atoms with Crippen molar-refractivity contribution in [1.29, 1.82) is 0 Å². The second-order valence-corrected chi connectivity index (χ2v) is 6.32. The molecule has 0 radical (unpaired) electrons. The second kappa shape index (κ2) is 6.43. The minimum atomic E-state index is -0.502. The van der Waals surface area contributed by atoms with Crippen LogP contribution in [0.3, 0.4) is 0 Å². The van der Waals surface area contributed by atoms with Gasteiger partial charge in [0.15, 0.2) is 0 Å². The van der Waals surface area contributed by atoms with E-state index in [4.69, 9.17) is 4.74 Å². The van der Waals surface area contributed by atoms with Gasteiger partial charge < -0.3 is 10.1 Å². The number of nitrogens with one attached hydrogen (secondary N) is 1. The molecule has 116 valence electrons. The number of nitrogens with zero attached hydrogens (tertiary/aromatic N) is 2. The summed E-state index contributed by atoms with van der Waals surface area (Å²) in [6.45, 7) is 9.09. The number of pyridine rings is 1. The monoisotopic (exact) mass is 291 g/mol. The van der Waals surface area contributed by atoms with Crippen LogP contribution in [0.15, 0.2) is 18.3 Å². The standard InChI is InChI=1S/C16H25N3O2/c1-5-19(15(20)21-16(2,3)4)14-9-8-12(11-18-14)13-7-6-10-17-13/h8-9,11,13,17H,5-7,10H2,1-4H3/t13-/m1/s1. The summed E-state index contributed by atoms with van der Waals surface area (Å²) in [4.78, 5) is 18.2. The Hall–Kier alpha value is -1.62. The second-order valence-electron chi connectivity index (χ2n) is 6.32. The van der Waals surface area contributed by atoms with Gasteiger partial charge in [-0.3, -0.25) is 4.90 Å². The third kappa shape index (κ3) is 4.17. The number of carbonyl (C=O) groups is 1. The molecule has 5 heteroatoms. The summed E-state index contributed by atoms with van der Waals surface area (Å²) in [5.74, 6) is 0.633. The topological polar surface area (TPSA) is 54.5 Å². The molecule has 0 spiro atoms. The Labute approximate surface area is 126 Å². The van der Waals surface area contributed by atoms with E-state index in [1.807, 2.05) is 46.0 Å². The Morgan fingerprint density at radius 2 is 2.24 bits per heavy atom. The van der Waals surface area contributed by atoms with E-state index in [1.165, 1.54) is 12.0 Å². The fraction of sp³-hybridized carbons (Fsp3) is 0.625. The molecule has 0 aliphatic carbocycles. The first-order valence-electron chi connectivity index (χ1n) is 7.60. The van der Waals surface area contributed by atoms with Crippen molar-refractivity contribution < 1.29 is 9.53 Å². The number of anilines is 1. The molecule has 1 N–H and O–H groups in total. The summed E-state index contributed by atoms with van der Waals surface area (Å²) < 4.78 is 5.41. The van der Waals surface area contributed by atoms with E-state index in [1.54, 1.807) is 4.90 Å². The number of ether oxygens (including phenoxy) is 1. The van der Waals surface area contributed by atoms with E-state index in [0.717, 1.165) is 13.0 Å². The number of hydrogen-bond donors (Lipinski definition) is 1. The van der Waals surface area contributed by atoms with E-state index in [-0.39, 0.29) is 6.09 Å². The van der Waals surface area contributed by atoms with Crippen LogP contribution in [-0.4, -0.2) is 29.8 Å². The molecule has 1 aliphatic rings. The quantitative estimate of drug-likeness (QED) is 0.928. The lowest BCUT2D eigenvalue weighted by atomic mass is 10.1. The van der Waals surface area contributed by atoms with Gasteiger partial charge in [-0.15, -0.1) is 0 Å². The Morgan fingerprint density at radius 3 is 2.71 bits per heavy atom. The van der Waals surface area contributed by atoms with Gasteiger partial charge in [0.2, 0.25) is 0 Å². The molecule has 1 saturated heterocycles. The van der Waals surface area contributed by atoms with Gasteiger partial charge in [0.25, 0.3) is 0 Å². The summed E-state index contributed by atoms with van der Waals surface area (Å²) in [5.41, 5.74) is 0.676. The molecule has 0 unspecified atom stereocenters. The Bertz CT molecular complexity index is 473. The fourth-order valence-corrected chi connectivity index (χ4v) is 2.43. The van der Waals surface area contributed by atoms with Gasteiger partial charge in [0.1, 0.15) is 11.4 Å². The van der Waals surface area contributed by atoms with Crippen LogP contribution in [0.25, 0.3) is 0 Å². The van der Waals surface area contributed by atoms with E-state index in [0.29, 0.717) is 18.4 Å². The molecular formula is C16H25N3O2. The lowest BCUT2D eigenvalue weighted by Crippen LogP contribution is -2.37. The first-order chi connectivity index (χ1) is 9.90. The highest BCUT2D eigenvalue weighted by atomic mass is 16.6. The molecule has 1 aliphatic heterocycles. The average Bonchev–Trinajstić information content (AvgIpc) is 2.92. The molecule has 2 rings (SSSR count). The van der Waals surface area contributed by atoms with Crippen molar-refractivity contribution in [3.63, 3.8) is 0 Å². The van der Waals surface area contributed by atoms with Gasteiger partial charge in [-0.25, -0.2) is 9.78 Å². The molecule has 1 fully saturated rings. The molecule has 21 heavy (non-hydrogen) atoms. The zero-order valence-electron chi connectivity index (χ0n) is 13.3. The summed E-state index contributed by atoms with van der Waals surface area (Å²) in [5, 5.41) is 3.44. The highest BCUT2D eigenvalue weighted by Gasteiger charge is 2.23. The van der Waals surface area contributed by atoms with Gasteiger partial charge >= 0.3 is 6.09 Å². The van der Waals surface area contributed by atoms with Crippen molar-refractivity contribution in [3.05, 3.63) is 23.9 Å². The van der Waals surface area contributed by atoms with E-state index in [2.05, 4.69) is 10.3 Å². The van der Waals surface area contributed by atoms with Crippen molar-refractivity contribution in [3.8, 4) is 0 Å². The van der Waals surface area contributed by atoms with Crippen LogP contribution in [0.2, 0.25) is 0 Å². The lowest BCUT2D eigenvalue weighted by Gasteiger charge is -2.26. The molecule has 1 atom stereocenters. The minimum Gasteiger partial charge on any atom is -0.443 e. The van der Waals surface area contributed by atoms with Crippen molar-refractivity contribution in [2.45, 2.75) is 52.2 Å². The maximum Gasteiger partial charge on any atom is 0.415 e. The van der Waals surface area contributed by atoms with Crippen LogP contribution in [0, 0.1) is 0 Å². The van der Waals surface area contributed by atoms with Crippen molar-refractivity contribution in [2.75, 3.05) is 18.0 Å². The van der Waals surface area contributed by atoms with E-state index >= 15 is 0 Å². The van der Waals surface area contributed by atoms with E-state index < -0.39 is 5.60 Å². The van der Waals surface area contributed by atoms with Crippen LogP contribution in [0.5, 0.6) is 0 Å². The maximum absolute atomic E-state index is 12.2. The van der Waals surface area contributed by atoms with Crippen LogP contribution in [0.1, 0.15) is 52.1 Å². The van der Waals surface area contributed by atoms with Gasteiger partial charge in [-0.2, -0.15) is 0 Å². The molecule has 0 bridgehead atoms. The van der Waals surface area contributed by atoms with Gasteiger partial charge in [0.05, 0.1) is 0 Å². The van der Waals surface area contributed by atoms with Crippen LogP contribution < -0.4 is 10.2 Å². The Morgan fingerprint density at radius 1 is 1.48 bits per heavy atom. The van der Waals surface area contributed by atoms with Crippen LogP contribution in [0.4, 0.5) is 10.6 Å². The third-order valence-corrected chi connectivity index (χ3v) is 3.44. The lowest BCUT2D eigenvalue weighted by molar-refractivity contribution is 0.0581. The normalized spacial score (nSPS) is 18.6. The van der Waals surface area contributed by atoms with Crippen LogP contribution in [-0.2, 0) is 4.74 Å². The Balaban J connectivity index is 2.09. The Kier molecular flexibility index (Phi) is 4.83. The SMILES string of the molecule is CCN(C(=O)OC(C)(C)C)c1ccc([C@H]2CCCN2)cn1. The first kappa shape index (κ1) is 15.8. The van der Waals surface area contributed by atoms with Crippen molar-refractivity contribution in [1.82, 2.24) is 10.3 Å².